The van der Waals surface area contributed by atoms with Gasteiger partial charge in [-0.3, -0.25) is 9.69 Å². The molecule has 0 aliphatic heterocycles. The Bertz CT molecular complexity index is 493. The molecule has 1 amide bonds. The molecule has 0 saturated heterocycles. The molecule has 1 aromatic rings. The minimum Gasteiger partial charge on any atom is -0.308 e. The van der Waals surface area contributed by atoms with Crippen molar-refractivity contribution in [2.24, 2.45) is 5.92 Å². The van der Waals surface area contributed by atoms with Crippen LogP contribution in [0.1, 0.15) is 6.42 Å². The summed E-state index contributed by atoms with van der Waals surface area (Å²) in [5.41, 5.74) is 0. The largest absolute Gasteiger partial charge is 0.308 e. The quantitative estimate of drug-likeness (QED) is 0.737. The van der Waals surface area contributed by atoms with E-state index in [2.05, 4.69) is 20.9 Å². The van der Waals surface area contributed by atoms with Crippen molar-refractivity contribution in [3.63, 3.8) is 0 Å². The summed E-state index contributed by atoms with van der Waals surface area (Å²) >= 11 is 15.3. The zero-order valence-electron chi connectivity index (χ0n) is 11.3. The number of hydrogen-bond donors (Lipinski definition) is 0. The summed E-state index contributed by atoms with van der Waals surface area (Å²) < 4.78 is -0.0419. The zero-order chi connectivity index (χ0) is 14.9. The van der Waals surface area contributed by atoms with E-state index in [0.717, 1.165) is 11.0 Å². The Labute approximate surface area is 137 Å². The number of hydrogen-bond acceptors (Lipinski definition) is 3. The van der Waals surface area contributed by atoms with Crippen molar-refractivity contribution in [2.45, 2.75) is 10.8 Å². The van der Waals surface area contributed by atoms with E-state index >= 15 is 0 Å². The molecule has 1 aliphatic rings. The number of pyridine rings is 1. The maximum absolute atomic E-state index is 12.5. The van der Waals surface area contributed by atoms with Crippen molar-refractivity contribution in [2.75, 3.05) is 32.1 Å². The third-order valence-electron chi connectivity index (χ3n) is 3.15. The molecule has 1 fully saturated rings. The van der Waals surface area contributed by atoms with Crippen LogP contribution in [0.2, 0.25) is 0 Å². The van der Waals surface area contributed by atoms with E-state index in [9.17, 15) is 4.79 Å². The molecule has 1 aromatic heterocycles. The topological polar surface area (TPSA) is 36.4 Å². The second-order valence-corrected chi connectivity index (χ2v) is 7.60. The average Bonchev–Trinajstić information content (AvgIpc) is 3.00. The first-order chi connectivity index (χ1) is 9.31. The van der Waals surface area contributed by atoms with Crippen molar-refractivity contribution >= 4 is 50.9 Å². The fourth-order valence-corrected chi connectivity index (χ4v) is 2.56. The lowest BCUT2D eigenvalue weighted by molar-refractivity contribution is -0.119. The molecule has 2 rings (SSSR count). The second kappa shape index (κ2) is 6.18. The highest BCUT2D eigenvalue weighted by molar-refractivity contribution is 9.10. The molecule has 0 spiro atoms. The first-order valence-electron chi connectivity index (χ1n) is 6.27. The van der Waals surface area contributed by atoms with Crippen LogP contribution in [0.15, 0.2) is 22.8 Å². The van der Waals surface area contributed by atoms with E-state index in [1.165, 1.54) is 0 Å². The Morgan fingerprint density at radius 3 is 2.55 bits per heavy atom. The maximum Gasteiger partial charge on any atom is 0.234 e. The normalized spacial score (nSPS) is 20.0. The van der Waals surface area contributed by atoms with Gasteiger partial charge in [0, 0.05) is 23.8 Å². The van der Waals surface area contributed by atoms with Crippen LogP contribution in [0.25, 0.3) is 0 Å². The molecule has 110 valence electrons. The van der Waals surface area contributed by atoms with Gasteiger partial charge in [0.2, 0.25) is 5.91 Å². The summed E-state index contributed by atoms with van der Waals surface area (Å²) in [6.07, 6.45) is 2.18. The molecule has 1 heterocycles. The molecule has 1 saturated carbocycles. The van der Waals surface area contributed by atoms with Gasteiger partial charge in [0.15, 0.2) is 0 Å². The minimum absolute atomic E-state index is 0.0633. The highest BCUT2D eigenvalue weighted by Crippen LogP contribution is 2.54. The molecule has 4 nitrogen and oxygen atoms in total. The predicted octanol–water partition coefficient (Wildman–Crippen LogP) is 2.93. The average molecular weight is 381 g/mol. The third-order valence-corrected chi connectivity index (χ3v) is 4.45. The van der Waals surface area contributed by atoms with E-state index in [4.69, 9.17) is 23.2 Å². The first-order valence-corrected chi connectivity index (χ1v) is 7.81. The van der Waals surface area contributed by atoms with E-state index in [1.807, 2.05) is 31.1 Å². The standard InChI is InChI=1S/C13H16BrCl2N3O/c1-18(2)5-6-19(11-4-3-9(14)8-17-11)12(20)10-7-13(10,15)16/h3-4,8,10H,5-7H2,1-2H3. The van der Waals surface area contributed by atoms with E-state index in [-0.39, 0.29) is 11.8 Å². The van der Waals surface area contributed by atoms with Gasteiger partial charge in [0.05, 0.1) is 5.92 Å². The lowest BCUT2D eigenvalue weighted by Crippen LogP contribution is -2.39. The molecule has 1 aliphatic carbocycles. The Hall–Kier alpha value is -0.360. The zero-order valence-corrected chi connectivity index (χ0v) is 14.4. The Morgan fingerprint density at radius 2 is 2.10 bits per heavy atom. The Morgan fingerprint density at radius 1 is 1.45 bits per heavy atom. The van der Waals surface area contributed by atoms with Gasteiger partial charge >= 0.3 is 0 Å². The number of rotatable bonds is 5. The second-order valence-electron chi connectivity index (χ2n) is 5.15. The van der Waals surface area contributed by atoms with E-state index in [0.29, 0.717) is 18.8 Å². The van der Waals surface area contributed by atoms with Gasteiger partial charge in [-0.15, -0.1) is 23.2 Å². The minimum atomic E-state index is -0.914. The monoisotopic (exact) mass is 379 g/mol. The number of carbonyl (C=O) groups is 1. The van der Waals surface area contributed by atoms with Crippen molar-refractivity contribution in [3.8, 4) is 0 Å². The molecule has 1 atom stereocenters. The van der Waals surface area contributed by atoms with Gasteiger partial charge in [-0.05, 0) is 48.6 Å². The van der Waals surface area contributed by atoms with Gasteiger partial charge in [0.25, 0.3) is 0 Å². The third kappa shape index (κ3) is 3.85. The summed E-state index contributed by atoms with van der Waals surface area (Å²) in [4.78, 5) is 20.5. The summed E-state index contributed by atoms with van der Waals surface area (Å²) in [5.74, 6) is 0.223. The van der Waals surface area contributed by atoms with Crippen molar-refractivity contribution in [1.82, 2.24) is 9.88 Å². The summed E-state index contributed by atoms with van der Waals surface area (Å²) in [7, 11) is 3.92. The van der Waals surface area contributed by atoms with Gasteiger partial charge in [-0.1, -0.05) is 0 Å². The van der Waals surface area contributed by atoms with E-state index < -0.39 is 4.33 Å². The van der Waals surface area contributed by atoms with Crippen molar-refractivity contribution in [1.29, 1.82) is 0 Å². The fraction of sp³-hybridized carbons (Fsp3) is 0.538. The number of amides is 1. The lowest BCUT2D eigenvalue weighted by Gasteiger charge is -2.24. The summed E-state index contributed by atoms with van der Waals surface area (Å²) in [5, 5.41) is 0. The van der Waals surface area contributed by atoms with Crippen LogP contribution in [0.4, 0.5) is 5.82 Å². The van der Waals surface area contributed by atoms with Gasteiger partial charge < -0.3 is 4.90 Å². The number of likely N-dealkylation sites (N-methyl/N-ethyl adjacent to an activating group) is 1. The van der Waals surface area contributed by atoms with Crippen LogP contribution in [0, 0.1) is 5.92 Å². The van der Waals surface area contributed by atoms with Gasteiger partial charge in [-0.2, -0.15) is 0 Å². The number of anilines is 1. The van der Waals surface area contributed by atoms with Crippen LogP contribution in [0.3, 0.4) is 0 Å². The molecule has 20 heavy (non-hydrogen) atoms. The molecule has 0 N–H and O–H groups in total. The Kier molecular flexibility index (Phi) is 4.95. The smallest absolute Gasteiger partial charge is 0.234 e. The lowest BCUT2D eigenvalue weighted by atomic mass is 10.3. The molecular formula is C13H16BrCl2N3O. The number of nitrogens with zero attached hydrogens (tertiary/aromatic N) is 3. The summed E-state index contributed by atoms with van der Waals surface area (Å²) in [6.45, 7) is 1.30. The first kappa shape index (κ1) is 16.0. The Balaban J connectivity index is 2.16. The van der Waals surface area contributed by atoms with Crippen LogP contribution < -0.4 is 4.90 Å². The number of alkyl halides is 2. The SMILES string of the molecule is CN(C)CCN(C(=O)C1CC1(Cl)Cl)c1ccc(Br)cn1. The van der Waals surface area contributed by atoms with Crippen LogP contribution in [-0.4, -0.2) is 47.3 Å². The van der Waals surface area contributed by atoms with E-state index in [1.54, 1.807) is 11.1 Å². The number of halogens is 3. The molecule has 0 aromatic carbocycles. The number of carbonyl (C=O) groups excluding carboxylic acids is 1. The highest BCUT2D eigenvalue weighted by Gasteiger charge is 2.57. The summed E-state index contributed by atoms with van der Waals surface area (Å²) in [6, 6.07) is 3.67. The van der Waals surface area contributed by atoms with Gasteiger partial charge in [0.1, 0.15) is 10.2 Å². The van der Waals surface area contributed by atoms with Crippen LogP contribution in [-0.2, 0) is 4.79 Å². The van der Waals surface area contributed by atoms with Crippen LogP contribution in [0.5, 0.6) is 0 Å². The molecule has 0 bridgehead atoms. The fourth-order valence-electron chi connectivity index (χ4n) is 1.83. The predicted molar refractivity (Wildman–Crippen MR) is 85.4 cm³/mol. The molecule has 0 radical (unpaired) electrons. The van der Waals surface area contributed by atoms with Crippen LogP contribution >= 0.6 is 39.1 Å². The molecule has 1 unspecified atom stereocenters. The highest BCUT2D eigenvalue weighted by atomic mass is 79.9. The molecule has 7 heteroatoms. The maximum atomic E-state index is 12.5. The van der Waals surface area contributed by atoms with Crippen molar-refractivity contribution in [3.05, 3.63) is 22.8 Å². The van der Waals surface area contributed by atoms with Gasteiger partial charge in [-0.25, -0.2) is 4.98 Å². The van der Waals surface area contributed by atoms with Crippen molar-refractivity contribution < 1.29 is 4.79 Å². The number of aromatic nitrogens is 1. The molecular weight excluding hydrogens is 365 g/mol.